The lowest BCUT2D eigenvalue weighted by Crippen LogP contribution is -2.29. The number of hydrogen-bond donors (Lipinski definition) is 1. The molecule has 0 aliphatic carbocycles. The van der Waals surface area contributed by atoms with E-state index in [1.165, 1.54) is 19.1 Å². The molecule has 1 N–H and O–H groups in total. The minimum Gasteiger partial charge on any atom is -0.507 e. The Morgan fingerprint density at radius 2 is 1.56 bits per heavy atom. The van der Waals surface area contributed by atoms with Crippen molar-refractivity contribution in [1.82, 2.24) is 0 Å². The number of nitrogens with zero attached hydrogens (tertiary/aromatic N) is 2. The van der Waals surface area contributed by atoms with Gasteiger partial charge in [-0.25, -0.2) is 0 Å². The molecule has 1 aliphatic heterocycles. The second-order valence-corrected chi connectivity index (χ2v) is 8.74. The van der Waals surface area contributed by atoms with Gasteiger partial charge in [-0.3, -0.25) is 14.5 Å². The summed E-state index contributed by atoms with van der Waals surface area (Å²) >= 11 is 0. The van der Waals surface area contributed by atoms with E-state index in [0.717, 1.165) is 17.7 Å². The molecule has 3 aromatic rings. The maximum Gasteiger partial charge on any atom is 0.300 e. The predicted octanol–water partition coefficient (Wildman–Crippen LogP) is 4.96. The molecule has 0 spiro atoms. The van der Waals surface area contributed by atoms with Gasteiger partial charge in [0.25, 0.3) is 11.7 Å². The van der Waals surface area contributed by atoms with Gasteiger partial charge in [0, 0.05) is 31.0 Å². The van der Waals surface area contributed by atoms with Crippen LogP contribution in [0.15, 0.2) is 72.3 Å². The maximum absolute atomic E-state index is 13.4. The van der Waals surface area contributed by atoms with Gasteiger partial charge >= 0.3 is 0 Å². The highest BCUT2D eigenvalue weighted by Crippen LogP contribution is 2.44. The third kappa shape index (κ3) is 4.40. The van der Waals surface area contributed by atoms with Crippen LogP contribution in [-0.4, -0.2) is 45.1 Å². The van der Waals surface area contributed by atoms with Crippen LogP contribution < -0.4 is 19.3 Å². The number of methoxy groups -OCH3 is 2. The molecule has 1 saturated heterocycles. The monoisotopic (exact) mass is 486 g/mol. The van der Waals surface area contributed by atoms with Crippen LogP contribution in [0.4, 0.5) is 11.4 Å². The summed E-state index contributed by atoms with van der Waals surface area (Å²) in [6, 6.07) is 19.0. The van der Waals surface area contributed by atoms with Crippen molar-refractivity contribution in [1.29, 1.82) is 0 Å². The summed E-state index contributed by atoms with van der Waals surface area (Å²) in [6.07, 6.45) is 0.847. The Bertz CT molecular complexity index is 1310. The minimum absolute atomic E-state index is 0.0214. The lowest BCUT2D eigenvalue weighted by atomic mass is 9.94. The van der Waals surface area contributed by atoms with Crippen LogP contribution in [0.5, 0.6) is 11.5 Å². The molecule has 0 saturated carbocycles. The van der Waals surface area contributed by atoms with E-state index in [1.807, 2.05) is 50.2 Å². The first-order valence-electron chi connectivity index (χ1n) is 11.7. The molecule has 4 rings (SSSR count). The summed E-state index contributed by atoms with van der Waals surface area (Å²) in [6.45, 7) is 2.04. The molecule has 3 aromatic carbocycles. The SMILES string of the molecule is CCc1ccc(/C(O)=C2/C(=O)C(=O)N(c3ccc(N(C)C)cc3)C2c2ccc(OC)c(OC)c2)cc1. The van der Waals surface area contributed by atoms with E-state index in [4.69, 9.17) is 9.47 Å². The van der Waals surface area contributed by atoms with E-state index in [1.54, 1.807) is 42.5 Å². The number of amides is 1. The van der Waals surface area contributed by atoms with Gasteiger partial charge in [-0.15, -0.1) is 0 Å². The number of aliphatic hydroxyl groups is 1. The Morgan fingerprint density at radius 1 is 0.917 bits per heavy atom. The van der Waals surface area contributed by atoms with Gasteiger partial charge in [0.2, 0.25) is 0 Å². The van der Waals surface area contributed by atoms with Crippen molar-refractivity contribution in [2.75, 3.05) is 38.1 Å². The molecule has 0 radical (unpaired) electrons. The van der Waals surface area contributed by atoms with Crippen molar-refractivity contribution in [2.45, 2.75) is 19.4 Å². The fraction of sp³-hybridized carbons (Fsp3) is 0.241. The lowest BCUT2D eigenvalue weighted by molar-refractivity contribution is -0.132. The molecule has 1 heterocycles. The molecule has 1 aliphatic rings. The predicted molar refractivity (Wildman–Crippen MR) is 141 cm³/mol. The minimum atomic E-state index is -0.860. The van der Waals surface area contributed by atoms with E-state index in [9.17, 15) is 14.7 Å². The van der Waals surface area contributed by atoms with E-state index >= 15 is 0 Å². The lowest BCUT2D eigenvalue weighted by Gasteiger charge is -2.26. The Kier molecular flexibility index (Phi) is 7.01. The molecular weight excluding hydrogens is 456 g/mol. The van der Waals surface area contributed by atoms with Gasteiger partial charge in [-0.2, -0.15) is 0 Å². The Labute approximate surface area is 211 Å². The molecule has 1 amide bonds. The topological polar surface area (TPSA) is 79.3 Å². The van der Waals surface area contributed by atoms with Crippen molar-refractivity contribution >= 4 is 28.8 Å². The Balaban J connectivity index is 1.92. The second-order valence-electron chi connectivity index (χ2n) is 8.74. The van der Waals surface area contributed by atoms with Gasteiger partial charge in [0.05, 0.1) is 25.8 Å². The van der Waals surface area contributed by atoms with Crippen molar-refractivity contribution in [2.24, 2.45) is 0 Å². The Morgan fingerprint density at radius 3 is 2.11 bits per heavy atom. The molecule has 1 fully saturated rings. The highest BCUT2D eigenvalue weighted by atomic mass is 16.5. The summed E-state index contributed by atoms with van der Waals surface area (Å²) < 4.78 is 10.9. The maximum atomic E-state index is 13.4. The van der Waals surface area contributed by atoms with Crippen LogP contribution in [0.1, 0.15) is 29.7 Å². The average Bonchev–Trinajstić information content (AvgIpc) is 3.17. The first-order valence-corrected chi connectivity index (χ1v) is 11.7. The van der Waals surface area contributed by atoms with Crippen LogP contribution in [-0.2, 0) is 16.0 Å². The molecule has 7 heteroatoms. The van der Waals surface area contributed by atoms with Crippen LogP contribution in [0.2, 0.25) is 0 Å². The van der Waals surface area contributed by atoms with Gasteiger partial charge < -0.3 is 19.5 Å². The highest BCUT2D eigenvalue weighted by Gasteiger charge is 2.47. The highest BCUT2D eigenvalue weighted by molar-refractivity contribution is 6.51. The number of hydrogen-bond acceptors (Lipinski definition) is 6. The number of Topliss-reactive ketones (excluding diaryl/α,β-unsaturated/α-hetero) is 1. The number of rotatable bonds is 7. The average molecular weight is 487 g/mol. The largest absolute Gasteiger partial charge is 0.507 e. The van der Waals surface area contributed by atoms with Gasteiger partial charge in [0.1, 0.15) is 5.76 Å². The summed E-state index contributed by atoms with van der Waals surface area (Å²) in [5.74, 6) is -0.703. The zero-order valence-electron chi connectivity index (χ0n) is 21.1. The molecular formula is C29H30N2O5. The number of carbonyl (C=O) groups is 2. The van der Waals surface area contributed by atoms with E-state index in [2.05, 4.69) is 0 Å². The standard InChI is InChI=1S/C29H30N2O5/c1-6-18-7-9-19(10-8-18)27(32)25-26(20-11-16-23(35-4)24(17-20)36-5)31(29(34)28(25)33)22-14-12-21(13-15-22)30(2)3/h7-17,26,32H,6H2,1-5H3/b27-25-. The molecule has 7 nitrogen and oxygen atoms in total. The first-order chi connectivity index (χ1) is 17.3. The third-order valence-corrected chi connectivity index (χ3v) is 6.45. The number of benzene rings is 3. The number of carbonyl (C=O) groups excluding carboxylic acids is 2. The first kappa shape index (κ1) is 24.9. The molecule has 0 bridgehead atoms. The fourth-order valence-electron chi connectivity index (χ4n) is 4.40. The normalized spacial score (nSPS) is 16.8. The quantitative estimate of drug-likeness (QED) is 0.289. The number of ether oxygens (including phenoxy) is 2. The van der Waals surface area contributed by atoms with Gasteiger partial charge in [-0.1, -0.05) is 37.3 Å². The zero-order chi connectivity index (χ0) is 26.0. The fourth-order valence-corrected chi connectivity index (χ4v) is 4.40. The summed E-state index contributed by atoms with van der Waals surface area (Å²) in [5.41, 5.74) is 3.70. The van der Waals surface area contributed by atoms with E-state index in [-0.39, 0.29) is 11.3 Å². The van der Waals surface area contributed by atoms with Crippen LogP contribution >= 0.6 is 0 Å². The van der Waals surface area contributed by atoms with Crippen LogP contribution in [0.3, 0.4) is 0 Å². The molecule has 1 unspecified atom stereocenters. The molecule has 0 aromatic heterocycles. The van der Waals surface area contributed by atoms with Crippen LogP contribution in [0, 0.1) is 0 Å². The van der Waals surface area contributed by atoms with Crippen molar-refractivity contribution in [3.05, 3.63) is 89.0 Å². The molecule has 1 atom stereocenters. The van der Waals surface area contributed by atoms with E-state index < -0.39 is 17.7 Å². The third-order valence-electron chi connectivity index (χ3n) is 6.45. The number of anilines is 2. The molecule has 36 heavy (non-hydrogen) atoms. The smallest absolute Gasteiger partial charge is 0.300 e. The number of aliphatic hydroxyl groups excluding tert-OH is 1. The van der Waals surface area contributed by atoms with Gasteiger partial charge in [0.15, 0.2) is 11.5 Å². The number of aryl methyl sites for hydroxylation is 1. The molecule has 186 valence electrons. The summed E-state index contributed by atoms with van der Waals surface area (Å²) in [4.78, 5) is 30.2. The van der Waals surface area contributed by atoms with Gasteiger partial charge in [-0.05, 0) is 53.9 Å². The number of ketones is 1. The van der Waals surface area contributed by atoms with Crippen molar-refractivity contribution in [3.63, 3.8) is 0 Å². The van der Waals surface area contributed by atoms with Crippen LogP contribution in [0.25, 0.3) is 5.76 Å². The second kappa shape index (κ2) is 10.2. The van der Waals surface area contributed by atoms with E-state index in [0.29, 0.717) is 28.3 Å². The summed E-state index contributed by atoms with van der Waals surface area (Å²) in [7, 11) is 6.91. The van der Waals surface area contributed by atoms with Crippen molar-refractivity contribution in [3.8, 4) is 11.5 Å². The zero-order valence-corrected chi connectivity index (χ0v) is 21.1. The summed E-state index contributed by atoms with van der Waals surface area (Å²) in [5, 5.41) is 11.3. The van der Waals surface area contributed by atoms with Crippen molar-refractivity contribution < 1.29 is 24.2 Å². The Hall–Kier alpha value is -4.26.